The second-order valence-electron chi connectivity index (χ2n) is 4.73. The van der Waals surface area contributed by atoms with E-state index in [0.29, 0.717) is 6.61 Å². The Morgan fingerprint density at radius 1 is 1.05 bits per heavy atom. The van der Waals surface area contributed by atoms with Crippen LogP contribution < -0.4 is 15.4 Å². The van der Waals surface area contributed by atoms with Gasteiger partial charge in [0.1, 0.15) is 5.75 Å². The number of benzene rings is 2. The molecule has 2 aromatic rings. The lowest BCUT2D eigenvalue weighted by atomic mass is 10.1. The van der Waals surface area contributed by atoms with Gasteiger partial charge < -0.3 is 15.4 Å². The maximum Gasteiger partial charge on any atom is 0.121 e. The second-order valence-corrected chi connectivity index (χ2v) is 4.73. The molecule has 100 valence electrons. The molecule has 0 fully saturated rings. The zero-order valence-electron chi connectivity index (χ0n) is 11.5. The van der Waals surface area contributed by atoms with Gasteiger partial charge >= 0.3 is 0 Å². The van der Waals surface area contributed by atoms with E-state index in [4.69, 9.17) is 10.5 Å². The average molecular weight is 256 g/mol. The average Bonchev–Trinajstić information content (AvgIpc) is 2.41. The molecule has 0 aliphatic heterocycles. The molecule has 0 unspecified atom stereocenters. The lowest BCUT2D eigenvalue weighted by Gasteiger charge is -2.14. The van der Waals surface area contributed by atoms with Crippen LogP contribution in [0.4, 0.5) is 11.4 Å². The lowest BCUT2D eigenvalue weighted by Crippen LogP contribution is -2.09. The Kier molecular flexibility index (Phi) is 4.29. The highest BCUT2D eigenvalue weighted by molar-refractivity contribution is 5.49. The SMILES string of the molecule is CN(C)c1cccc(OCCc2ccc(N)cc2)c1. The van der Waals surface area contributed by atoms with Gasteiger partial charge in [0.05, 0.1) is 6.61 Å². The number of nitrogens with two attached hydrogens (primary N) is 1. The van der Waals surface area contributed by atoms with Crippen molar-refractivity contribution < 1.29 is 4.74 Å². The fraction of sp³-hybridized carbons (Fsp3) is 0.250. The minimum Gasteiger partial charge on any atom is -0.493 e. The van der Waals surface area contributed by atoms with Crippen LogP contribution in [0, 0.1) is 0 Å². The smallest absolute Gasteiger partial charge is 0.121 e. The van der Waals surface area contributed by atoms with Gasteiger partial charge in [-0.05, 0) is 29.8 Å². The third-order valence-corrected chi connectivity index (χ3v) is 2.97. The molecule has 0 saturated carbocycles. The molecule has 0 aliphatic rings. The highest BCUT2D eigenvalue weighted by atomic mass is 16.5. The van der Waals surface area contributed by atoms with E-state index in [-0.39, 0.29) is 0 Å². The van der Waals surface area contributed by atoms with Crippen LogP contribution in [-0.4, -0.2) is 20.7 Å². The Bertz CT molecular complexity index is 521. The van der Waals surface area contributed by atoms with Crippen LogP contribution in [0.25, 0.3) is 0 Å². The van der Waals surface area contributed by atoms with Gasteiger partial charge in [-0.2, -0.15) is 0 Å². The van der Waals surface area contributed by atoms with Gasteiger partial charge in [0.2, 0.25) is 0 Å². The molecule has 0 atom stereocenters. The summed E-state index contributed by atoms with van der Waals surface area (Å²) < 4.78 is 5.77. The molecule has 2 rings (SSSR count). The molecule has 0 aromatic heterocycles. The van der Waals surface area contributed by atoms with Crippen molar-refractivity contribution in [2.75, 3.05) is 31.3 Å². The number of rotatable bonds is 5. The molecule has 2 aromatic carbocycles. The predicted molar refractivity (Wildman–Crippen MR) is 80.8 cm³/mol. The zero-order chi connectivity index (χ0) is 13.7. The highest BCUT2D eigenvalue weighted by Crippen LogP contribution is 2.19. The predicted octanol–water partition coefficient (Wildman–Crippen LogP) is 2.96. The number of hydrogen-bond donors (Lipinski definition) is 1. The maximum absolute atomic E-state index is 5.77. The first kappa shape index (κ1) is 13.3. The van der Waals surface area contributed by atoms with Crippen LogP contribution in [0.1, 0.15) is 5.56 Å². The highest BCUT2D eigenvalue weighted by Gasteiger charge is 1.99. The van der Waals surface area contributed by atoms with E-state index in [1.165, 1.54) is 5.56 Å². The normalized spacial score (nSPS) is 10.2. The molecule has 0 saturated heterocycles. The van der Waals surface area contributed by atoms with Crippen molar-refractivity contribution in [2.24, 2.45) is 0 Å². The molecule has 0 radical (unpaired) electrons. The first-order valence-corrected chi connectivity index (χ1v) is 6.40. The van der Waals surface area contributed by atoms with Crippen molar-refractivity contribution in [3.63, 3.8) is 0 Å². The summed E-state index contributed by atoms with van der Waals surface area (Å²) >= 11 is 0. The molecule has 0 spiro atoms. The number of nitrogen functional groups attached to an aromatic ring is 1. The molecule has 3 heteroatoms. The summed E-state index contributed by atoms with van der Waals surface area (Å²) in [5.74, 6) is 0.904. The monoisotopic (exact) mass is 256 g/mol. The van der Waals surface area contributed by atoms with E-state index in [9.17, 15) is 0 Å². The van der Waals surface area contributed by atoms with Crippen LogP contribution in [0.2, 0.25) is 0 Å². The lowest BCUT2D eigenvalue weighted by molar-refractivity contribution is 0.322. The Hall–Kier alpha value is -2.16. The van der Waals surface area contributed by atoms with Gasteiger partial charge in [-0.1, -0.05) is 18.2 Å². The topological polar surface area (TPSA) is 38.5 Å². The summed E-state index contributed by atoms with van der Waals surface area (Å²) in [6.45, 7) is 0.667. The summed E-state index contributed by atoms with van der Waals surface area (Å²) in [4.78, 5) is 2.06. The quantitative estimate of drug-likeness (QED) is 0.836. The molecule has 2 N–H and O–H groups in total. The Labute approximate surface area is 114 Å². The molecule has 3 nitrogen and oxygen atoms in total. The molecular formula is C16H20N2O. The van der Waals surface area contributed by atoms with Crippen LogP contribution in [0.5, 0.6) is 5.75 Å². The zero-order valence-corrected chi connectivity index (χ0v) is 11.5. The summed E-state index contributed by atoms with van der Waals surface area (Å²) in [7, 11) is 4.04. The van der Waals surface area contributed by atoms with Crippen molar-refractivity contribution in [1.82, 2.24) is 0 Å². The minimum atomic E-state index is 0.667. The molecular weight excluding hydrogens is 236 g/mol. The van der Waals surface area contributed by atoms with Crippen molar-refractivity contribution in [2.45, 2.75) is 6.42 Å². The van der Waals surface area contributed by atoms with Crippen molar-refractivity contribution >= 4 is 11.4 Å². The van der Waals surface area contributed by atoms with Crippen molar-refractivity contribution in [3.05, 3.63) is 54.1 Å². The molecule has 0 heterocycles. The maximum atomic E-state index is 5.77. The van der Waals surface area contributed by atoms with Gasteiger partial charge in [-0.15, -0.1) is 0 Å². The Morgan fingerprint density at radius 2 is 1.79 bits per heavy atom. The summed E-state index contributed by atoms with van der Waals surface area (Å²) in [5.41, 5.74) is 8.83. The van der Waals surface area contributed by atoms with Gasteiger partial charge in [-0.3, -0.25) is 0 Å². The van der Waals surface area contributed by atoms with E-state index < -0.39 is 0 Å². The molecule has 0 amide bonds. The first-order valence-electron chi connectivity index (χ1n) is 6.40. The molecule has 0 bridgehead atoms. The van der Waals surface area contributed by atoms with E-state index >= 15 is 0 Å². The van der Waals surface area contributed by atoms with Gasteiger partial charge in [-0.25, -0.2) is 0 Å². The summed E-state index contributed by atoms with van der Waals surface area (Å²) in [6, 6.07) is 16.0. The number of ether oxygens (including phenoxy) is 1. The van der Waals surface area contributed by atoms with Gasteiger partial charge in [0, 0.05) is 38.0 Å². The van der Waals surface area contributed by atoms with Crippen LogP contribution in [0.15, 0.2) is 48.5 Å². The second kappa shape index (κ2) is 6.14. The Balaban J connectivity index is 1.88. The van der Waals surface area contributed by atoms with Crippen molar-refractivity contribution in [1.29, 1.82) is 0 Å². The number of anilines is 2. The molecule has 0 aliphatic carbocycles. The number of hydrogen-bond acceptors (Lipinski definition) is 3. The minimum absolute atomic E-state index is 0.667. The fourth-order valence-corrected chi connectivity index (χ4v) is 1.82. The third-order valence-electron chi connectivity index (χ3n) is 2.97. The van der Waals surface area contributed by atoms with E-state index in [2.05, 4.69) is 11.0 Å². The van der Waals surface area contributed by atoms with Gasteiger partial charge in [0.25, 0.3) is 0 Å². The van der Waals surface area contributed by atoms with Crippen LogP contribution >= 0.6 is 0 Å². The van der Waals surface area contributed by atoms with E-state index in [0.717, 1.165) is 23.5 Å². The third kappa shape index (κ3) is 3.91. The van der Waals surface area contributed by atoms with E-state index in [1.807, 2.05) is 56.6 Å². The van der Waals surface area contributed by atoms with Crippen LogP contribution in [-0.2, 0) is 6.42 Å². The summed E-state index contributed by atoms with van der Waals surface area (Å²) in [5, 5.41) is 0. The van der Waals surface area contributed by atoms with Gasteiger partial charge in [0.15, 0.2) is 0 Å². The molecule has 19 heavy (non-hydrogen) atoms. The van der Waals surface area contributed by atoms with Crippen LogP contribution in [0.3, 0.4) is 0 Å². The summed E-state index contributed by atoms with van der Waals surface area (Å²) in [6.07, 6.45) is 0.881. The largest absolute Gasteiger partial charge is 0.493 e. The number of nitrogens with zero attached hydrogens (tertiary/aromatic N) is 1. The fourth-order valence-electron chi connectivity index (χ4n) is 1.82. The first-order chi connectivity index (χ1) is 9.15. The van der Waals surface area contributed by atoms with Crippen molar-refractivity contribution in [3.8, 4) is 5.75 Å². The Morgan fingerprint density at radius 3 is 2.47 bits per heavy atom. The standard InChI is InChI=1S/C16H20N2O/c1-18(2)15-4-3-5-16(12-15)19-11-10-13-6-8-14(17)9-7-13/h3-9,12H,10-11,17H2,1-2H3. The van der Waals surface area contributed by atoms with E-state index in [1.54, 1.807) is 0 Å².